The fraction of sp³-hybridized carbons (Fsp3) is 0.455. The summed E-state index contributed by atoms with van der Waals surface area (Å²) in [7, 11) is 1.72. The molecular weight excluding hydrogens is 458 g/mol. The van der Waals surface area contributed by atoms with E-state index in [1.54, 1.807) is 7.11 Å². The molecule has 4 heteroatoms. The number of aromatic nitrogens is 1. The largest absolute Gasteiger partial charge is 0.507 e. The molecule has 4 nitrogen and oxygen atoms in total. The standard InChI is InChI=1S/C33H41NO3/c1-21(2)9-7-10-25-20-26-27(34-25)16-23(17-28(26)35)12-11-22-15-24-19-30-32(3,4)13-8-14-33(30,5)37-31(24)29(18-22)36-6/h9,11-12,15-18,20,30,34-35H,7-8,10,13-14,19H2,1-6H3/b12-11+/t30?,33-/m1/s1. The minimum Gasteiger partial charge on any atom is -0.507 e. The van der Waals surface area contributed by atoms with E-state index in [0.717, 1.165) is 64.9 Å². The summed E-state index contributed by atoms with van der Waals surface area (Å²) in [4.78, 5) is 3.49. The molecule has 1 saturated carbocycles. The normalized spacial score (nSPS) is 22.4. The van der Waals surface area contributed by atoms with Crippen LogP contribution in [0.5, 0.6) is 17.2 Å². The van der Waals surface area contributed by atoms with Crippen molar-refractivity contribution in [2.24, 2.45) is 11.3 Å². The lowest BCUT2D eigenvalue weighted by molar-refractivity contribution is -0.0827. The quantitative estimate of drug-likeness (QED) is 0.264. The molecule has 2 aliphatic rings. The number of phenolic OH excluding ortho intramolecular Hbond substituents is 1. The molecule has 0 radical (unpaired) electrons. The number of hydrogen-bond acceptors (Lipinski definition) is 3. The summed E-state index contributed by atoms with van der Waals surface area (Å²) in [5.41, 5.74) is 6.78. The summed E-state index contributed by atoms with van der Waals surface area (Å²) in [6.07, 6.45) is 12.9. The average Bonchev–Trinajstić information content (AvgIpc) is 3.24. The monoisotopic (exact) mass is 499 g/mol. The van der Waals surface area contributed by atoms with Crippen LogP contribution < -0.4 is 9.47 Å². The molecule has 1 aromatic heterocycles. The second-order valence-electron chi connectivity index (χ2n) is 12.2. The second-order valence-corrected chi connectivity index (χ2v) is 12.2. The van der Waals surface area contributed by atoms with Gasteiger partial charge in [-0.2, -0.15) is 0 Å². The molecule has 2 heterocycles. The maximum Gasteiger partial charge on any atom is 0.165 e. The van der Waals surface area contributed by atoms with Gasteiger partial charge in [0.05, 0.1) is 7.11 Å². The van der Waals surface area contributed by atoms with E-state index in [4.69, 9.17) is 9.47 Å². The zero-order valence-electron chi connectivity index (χ0n) is 23.2. The van der Waals surface area contributed by atoms with Crippen LogP contribution in [-0.4, -0.2) is 22.8 Å². The van der Waals surface area contributed by atoms with Crippen LogP contribution in [-0.2, 0) is 12.8 Å². The van der Waals surface area contributed by atoms with Gasteiger partial charge in [-0.3, -0.25) is 0 Å². The van der Waals surface area contributed by atoms with Crippen molar-refractivity contribution in [1.29, 1.82) is 0 Å². The van der Waals surface area contributed by atoms with E-state index in [1.807, 2.05) is 6.07 Å². The van der Waals surface area contributed by atoms with E-state index in [0.29, 0.717) is 11.7 Å². The first-order valence-corrected chi connectivity index (χ1v) is 13.6. The van der Waals surface area contributed by atoms with Gasteiger partial charge in [-0.25, -0.2) is 0 Å². The Bertz CT molecular complexity index is 1370. The number of aromatic amines is 1. The summed E-state index contributed by atoms with van der Waals surface area (Å²) < 4.78 is 12.5. The first-order chi connectivity index (χ1) is 17.6. The highest BCUT2D eigenvalue weighted by Crippen LogP contribution is 2.54. The zero-order valence-corrected chi connectivity index (χ0v) is 23.2. The zero-order chi connectivity index (χ0) is 26.4. The van der Waals surface area contributed by atoms with Gasteiger partial charge in [0.2, 0.25) is 0 Å². The number of ether oxygens (including phenoxy) is 2. The molecule has 1 fully saturated rings. The summed E-state index contributed by atoms with van der Waals surface area (Å²) in [6, 6.07) is 10.3. The molecule has 1 aliphatic heterocycles. The highest BCUT2D eigenvalue weighted by molar-refractivity contribution is 5.89. The van der Waals surface area contributed by atoms with Crippen LogP contribution in [0.15, 0.2) is 42.0 Å². The second kappa shape index (κ2) is 9.63. The highest BCUT2D eigenvalue weighted by atomic mass is 16.5. The van der Waals surface area contributed by atoms with Crippen LogP contribution in [0.2, 0.25) is 0 Å². The molecule has 1 unspecified atom stereocenters. The number of benzene rings is 2. The molecule has 2 aromatic carbocycles. The van der Waals surface area contributed by atoms with Crippen molar-refractivity contribution in [3.63, 3.8) is 0 Å². The summed E-state index contributed by atoms with van der Waals surface area (Å²) >= 11 is 0. The SMILES string of the molecule is COc1cc(/C=C/c2cc(O)c3cc(CCC=C(C)C)[nH]c3c2)cc2c1O[C@]1(C)CCCC(C)(C)C1C2. The van der Waals surface area contributed by atoms with Gasteiger partial charge in [-0.15, -0.1) is 0 Å². The fourth-order valence-corrected chi connectivity index (χ4v) is 6.57. The minimum absolute atomic E-state index is 0.146. The Morgan fingerprint density at radius 1 is 1.08 bits per heavy atom. The molecule has 0 saturated heterocycles. The van der Waals surface area contributed by atoms with Crippen molar-refractivity contribution in [3.05, 3.63) is 64.4 Å². The van der Waals surface area contributed by atoms with Crippen LogP contribution in [0.25, 0.3) is 23.1 Å². The van der Waals surface area contributed by atoms with Crippen LogP contribution in [0.3, 0.4) is 0 Å². The van der Waals surface area contributed by atoms with E-state index in [9.17, 15) is 5.11 Å². The predicted molar refractivity (Wildman–Crippen MR) is 153 cm³/mol. The van der Waals surface area contributed by atoms with E-state index in [-0.39, 0.29) is 11.0 Å². The molecule has 0 bridgehead atoms. The molecule has 5 rings (SSSR count). The Morgan fingerprint density at radius 3 is 2.57 bits per heavy atom. The molecule has 37 heavy (non-hydrogen) atoms. The maximum atomic E-state index is 10.7. The molecule has 196 valence electrons. The topological polar surface area (TPSA) is 54.5 Å². The van der Waals surface area contributed by atoms with Crippen LogP contribution in [0.4, 0.5) is 0 Å². The summed E-state index contributed by atoms with van der Waals surface area (Å²) in [6.45, 7) is 11.3. The highest BCUT2D eigenvalue weighted by Gasteiger charge is 2.51. The molecule has 2 atom stereocenters. The van der Waals surface area contributed by atoms with Crippen molar-refractivity contribution >= 4 is 23.1 Å². The van der Waals surface area contributed by atoms with Crippen molar-refractivity contribution < 1.29 is 14.6 Å². The third kappa shape index (κ3) is 5.03. The van der Waals surface area contributed by atoms with Gasteiger partial charge in [-0.05, 0) is 112 Å². The Balaban J connectivity index is 1.42. The number of aromatic hydroxyl groups is 1. The third-order valence-electron chi connectivity index (χ3n) is 8.54. The average molecular weight is 500 g/mol. The van der Waals surface area contributed by atoms with Crippen molar-refractivity contribution in [2.75, 3.05) is 7.11 Å². The van der Waals surface area contributed by atoms with Gasteiger partial charge < -0.3 is 19.6 Å². The van der Waals surface area contributed by atoms with Gasteiger partial charge in [0.25, 0.3) is 0 Å². The molecule has 3 aromatic rings. The Hall–Kier alpha value is -3.14. The van der Waals surface area contributed by atoms with Crippen LogP contribution in [0.1, 0.15) is 82.7 Å². The molecule has 0 spiro atoms. The number of fused-ring (bicyclic) bond motifs is 3. The van der Waals surface area contributed by atoms with Crippen molar-refractivity contribution in [2.45, 2.75) is 78.7 Å². The lowest BCUT2D eigenvalue weighted by atomic mass is 9.59. The predicted octanol–water partition coefficient (Wildman–Crippen LogP) is 8.47. The van der Waals surface area contributed by atoms with Crippen LogP contribution in [0, 0.1) is 11.3 Å². The number of allylic oxidation sites excluding steroid dienone is 2. The Morgan fingerprint density at radius 2 is 1.84 bits per heavy atom. The number of phenols is 1. The van der Waals surface area contributed by atoms with Gasteiger partial charge in [0, 0.05) is 22.5 Å². The fourth-order valence-electron chi connectivity index (χ4n) is 6.57. The smallest absolute Gasteiger partial charge is 0.165 e. The maximum absolute atomic E-state index is 10.7. The molecular formula is C33H41NO3. The first-order valence-electron chi connectivity index (χ1n) is 13.6. The number of nitrogens with one attached hydrogen (secondary N) is 1. The lowest BCUT2D eigenvalue weighted by Crippen LogP contribution is -2.54. The van der Waals surface area contributed by atoms with E-state index < -0.39 is 0 Å². The lowest BCUT2D eigenvalue weighted by Gasteiger charge is -2.53. The van der Waals surface area contributed by atoms with Crippen molar-refractivity contribution in [3.8, 4) is 17.2 Å². The number of methoxy groups -OCH3 is 1. The van der Waals surface area contributed by atoms with Crippen molar-refractivity contribution in [1.82, 2.24) is 4.98 Å². The van der Waals surface area contributed by atoms with Crippen LogP contribution >= 0.6 is 0 Å². The van der Waals surface area contributed by atoms with E-state index in [2.05, 4.69) is 82.1 Å². The number of aryl methyl sites for hydroxylation is 1. The Labute approximate surface area is 221 Å². The number of hydrogen-bond donors (Lipinski definition) is 2. The molecule has 1 aliphatic carbocycles. The first kappa shape index (κ1) is 25.5. The summed E-state index contributed by atoms with van der Waals surface area (Å²) in [5.74, 6) is 2.48. The van der Waals surface area contributed by atoms with Gasteiger partial charge >= 0.3 is 0 Å². The van der Waals surface area contributed by atoms with E-state index >= 15 is 0 Å². The third-order valence-corrected chi connectivity index (χ3v) is 8.54. The minimum atomic E-state index is -0.146. The van der Waals surface area contributed by atoms with Gasteiger partial charge in [-0.1, -0.05) is 37.6 Å². The van der Waals surface area contributed by atoms with E-state index in [1.165, 1.54) is 24.0 Å². The van der Waals surface area contributed by atoms with Gasteiger partial charge in [0.1, 0.15) is 11.4 Å². The molecule has 0 amide bonds. The Kier molecular flexibility index (Phi) is 6.64. The molecule has 2 N–H and O–H groups in total. The number of H-pyrrole nitrogens is 1. The van der Waals surface area contributed by atoms with Gasteiger partial charge in [0.15, 0.2) is 11.5 Å². The summed E-state index contributed by atoms with van der Waals surface area (Å²) in [5, 5.41) is 11.6. The number of rotatable bonds is 6.